The van der Waals surface area contributed by atoms with Crippen LogP contribution in [-0.2, 0) is 0 Å². The van der Waals surface area contributed by atoms with Gasteiger partial charge in [0.25, 0.3) is 0 Å². The highest BCUT2D eigenvalue weighted by Gasteiger charge is 2.14. The van der Waals surface area contributed by atoms with Crippen molar-refractivity contribution in [3.8, 4) is 6.07 Å². The molecular formula is C14H16N2. The number of nitriles is 1. The summed E-state index contributed by atoms with van der Waals surface area (Å²) < 4.78 is 0. The number of hydrogen-bond donors (Lipinski definition) is 1. The fourth-order valence-electron chi connectivity index (χ4n) is 1.77. The van der Waals surface area contributed by atoms with Crippen molar-refractivity contribution in [2.45, 2.75) is 20.8 Å². The number of nitrogens with two attached hydrogens (primary N) is 1. The third kappa shape index (κ3) is 1.85. The molecular weight excluding hydrogens is 196 g/mol. The summed E-state index contributed by atoms with van der Waals surface area (Å²) in [5.74, 6) is 0. The SMILES string of the molecule is C=C(C)c1cc(C)c(C#N)c(C(=C)C)c1N. The Morgan fingerprint density at radius 3 is 2.25 bits per heavy atom. The molecule has 1 rings (SSSR count). The molecule has 0 saturated carbocycles. The van der Waals surface area contributed by atoms with Crippen molar-refractivity contribution in [1.29, 1.82) is 5.26 Å². The van der Waals surface area contributed by atoms with E-state index in [1.165, 1.54) is 0 Å². The van der Waals surface area contributed by atoms with E-state index in [2.05, 4.69) is 19.2 Å². The Hall–Kier alpha value is -2.01. The van der Waals surface area contributed by atoms with Crippen molar-refractivity contribution < 1.29 is 0 Å². The number of rotatable bonds is 2. The summed E-state index contributed by atoms with van der Waals surface area (Å²) in [4.78, 5) is 0. The lowest BCUT2D eigenvalue weighted by Gasteiger charge is -2.15. The van der Waals surface area contributed by atoms with Crippen LogP contribution in [-0.4, -0.2) is 0 Å². The van der Waals surface area contributed by atoms with Gasteiger partial charge in [-0.05, 0) is 43.5 Å². The quantitative estimate of drug-likeness (QED) is 0.762. The standard InChI is InChI=1S/C14H16N2/c1-8(2)11-6-10(5)12(7-15)13(9(3)4)14(11)16/h6H,1,3,16H2,2,4-5H3. The number of anilines is 1. The van der Waals surface area contributed by atoms with E-state index in [0.717, 1.165) is 27.8 Å². The second-order valence-electron chi connectivity index (χ2n) is 4.08. The highest BCUT2D eigenvalue weighted by atomic mass is 14.6. The van der Waals surface area contributed by atoms with Crippen molar-refractivity contribution in [3.05, 3.63) is 41.5 Å². The van der Waals surface area contributed by atoms with Crippen molar-refractivity contribution in [2.75, 3.05) is 5.73 Å². The fourth-order valence-corrected chi connectivity index (χ4v) is 1.77. The molecule has 2 N–H and O–H groups in total. The van der Waals surface area contributed by atoms with E-state index < -0.39 is 0 Å². The van der Waals surface area contributed by atoms with Crippen LogP contribution < -0.4 is 5.73 Å². The summed E-state index contributed by atoms with van der Waals surface area (Å²) in [5, 5.41) is 9.13. The lowest BCUT2D eigenvalue weighted by molar-refractivity contribution is 1.35. The molecule has 0 aliphatic heterocycles. The molecule has 0 spiro atoms. The third-order valence-electron chi connectivity index (χ3n) is 2.56. The molecule has 2 heteroatoms. The van der Waals surface area contributed by atoms with E-state index in [-0.39, 0.29) is 0 Å². The molecule has 82 valence electrons. The Labute approximate surface area is 96.7 Å². The summed E-state index contributed by atoms with van der Waals surface area (Å²) in [6, 6.07) is 4.09. The lowest BCUT2D eigenvalue weighted by Crippen LogP contribution is -2.02. The maximum atomic E-state index is 9.13. The first-order chi connectivity index (χ1) is 7.40. The molecule has 0 fully saturated rings. The molecule has 0 aliphatic carbocycles. The minimum Gasteiger partial charge on any atom is -0.398 e. The maximum Gasteiger partial charge on any atom is 0.100 e. The van der Waals surface area contributed by atoms with Crippen molar-refractivity contribution >= 4 is 16.8 Å². The first-order valence-electron chi connectivity index (χ1n) is 5.05. The molecule has 0 heterocycles. The van der Waals surface area contributed by atoms with Gasteiger partial charge in [-0.2, -0.15) is 5.26 Å². The number of aryl methyl sites for hydroxylation is 1. The van der Waals surface area contributed by atoms with E-state index in [1.807, 2.05) is 26.8 Å². The van der Waals surface area contributed by atoms with Gasteiger partial charge in [0.15, 0.2) is 0 Å². The number of hydrogen-bond acceptors (Lipinski definition) is 2. The van der Waals surface area contributed by atoms with E-state index >= 15 is 0 Å². The highest BCUT2D eigenvalue weighted by molar-refractivity contribution is 5.86. The normalized spacial score (nSPS) is 9.62. The second kappa shape index (κ2) is 4.24. The van der Waals surface area contributed by atoms with Crippen LogP contribution in [0.25, 0.3) is 11.1 Å². The zero-order valence-corrected chi connectivity index (χ0v) is 10.0. The van der Waals surface area contributed by atoms with Crippen LogP contribution in [0.2, 0.25) is 0 Å². The summed E-state index contributed by atoms with van der Waals surface area (Å²) in [5.41, 5.74) is 11.5. The van der Waals surface area contributed by atoms with Crippen LogP contribution in [0.4, 0.5) is 5.69 Å². The van der Waals surface area contributed by atoms with E-state index in [4.69, 9.17) is 11.0 Å². The highest BCUT2D eigenvalue weighted by Crippen LogP contribution is 2.32. The average molecular weight is 212 g/mol. The lowest BCUT2D eigenvalue weighted by atomic mass is 9.91. The molecule has 0 bridgehead atoms. The Balaban J connectivity index is 3.74. The van der Waals surface area contributed by atoms with E-state index in [0.29, 0.717) is 11.3 Å². The van der Waals surface area contributed by atoms with Gasteiger partial charge < -0.3 is 5.73 Å². The van der Waals surface area contributed by atoms with Gasteiger partial charge in [-0.25, -0.2) is 0 Å². The van der Waals surface area contributed by atoms with Crippen LogP contribution in [0.15, 0.2) is 19.2 Å². The molecule has 1 aromatic rings. The number of nitrogen functional groups attached to an aromatic ring is 1. The molecule has 0 aromatic heterocycles. The Morgan fingerprint density at radius 1 is 1.31 bits per heavy atom. The minimum atomic E-state index is 0.599. The molecule has 0 unspecified atom stereocenters. The van der Waals surface area contributed by atoms with Crippen LogP contribution >= 0.6 is 0 Å². The summed E-state index contributed by atoms with van der Waals surface area (Å²) >= 11 is 0. The number of benzene rings is 1. The van der Waals surface area contributed by atoms with Crippen LogP contribution in [0, 0.1) is 18.3 Å². The summed E-state index contributed by atoms with van der Waals surface area (Å²) in [7, 11) is 0. The number of nitrogens with zero attached hydrogens (tertiary/aromatic N) is 1. The molecule has 2 nitrogen and oxygen atoms in total. The van der Waals surface area contributed by atoms with Gasteiger partial charge in [0.05, 0.1) is 5.56 Å². The minimum absolute atomic E-state index is 0.599. The van der Waals surface area contributed by atoms with Gasteiger partial charge in [0.2, 0.25) is 0 Å². The van der Waals surface area contributed by atoms with E-state index in [9.17, 15) is 0 Å². The molecule has 16 heavy (non-hydrogen) atoms. The Bertz CT molecular complexity index is 517. The molecule has 0 radical (unpaired) electrons. The van der Waals surface area contributed by atoms with E-state index in [1.54, 1.807) is 0 Å². The van der Waals surface area contributed by atoms with Crippen LogP contribution in [0.3, 0.4) is 0 Å². The summed E-state index contributed by atoms with van der Waals surface area (Å²) in [6.07, 6.45) is 0. The summed E-state index contributed by atoms with van der Waals surface area (Å²) in [6.45, 7) is 13.4. The Morgan fingerprint density at radius 2 is 1.88 bits per heavy atom. The first kappa shape index (κ1) is 12.1. The van der Waals surface area contributed by atoms with Crippen molar-refractivity contribution in [3.63, 3.8) is 0 Å². The monoisotopic (exact) mass is 212 g/mol. The molecule has 0 atom stereocenters. The van der Waals surface area contributed by atoms with Gasteiger partial charge >= 0.3 is 0 Å². The maximum absolute atomic E-state index is 9.13. The molecule has 1 aromatic carbocycles. The van der Waals surface area contributed by atoms with Crippen LogP contribution in [0.1, 0.15) is 36.1 Å². The predicted molar refractivity (Wildman–Crippen MR) is 69.7 cm³/mol. The van der Waals surface area contributed by atoms with Crippen molar-refractivity contribution in [1.82, 2.24) is 0 Å². The van der Waals surface area contributed by atoms with Gasteiger partial charge in [-0.15, -0.1) is 0 Å². The van der Waals surface area contributed by atoms with Gasteiger partial charge in [0, 0.05) is 16.8 Å². The topological polar surface area (TPSA) is 49.8 Å². The predicted octanol–water partition coefficient (Wildman–Crippen LogP) is 3.52. The zero-order chi connectivity index (χ0) is 12.5. The average Bonchev–Trinajstić information content (AvgIpc) is 2.19. The second-order valence-corrected chi connectivity index (χ2v) is 4.08. The smallest absolute Gasteiger partial charge is 0.100 e. The van der Waals surface area contributed by atoms with Gasteiger partial charge in [-0.1, -0.05) is 13.2 Å². The van der Waals surface area contributed by atoms with Crippen molar-refractivity contribution in [2.24, 2.45) is 0 Å². The first-order valence-corrected chi connectivity index (χ1v) is 5.05. The van der Waals surface area contributed by atoms with Gasteiger partial charge in [0.1, 0.15) is 6.07 Å². The largest absolute Gasteiger partial charge is 0.398 e. The van der Waals surface area contributed by atoms with Crippen LogP contribution in [0.5, 0.6) is 0 Å². The molecule has 0 amide bonds. The Kier molecular flexibility index (Phi) is 3.20. The third-order valence-corrected chi connectivity index (χ3v) is 2.56. The molecule has 0 aliphatic rings. The number of allylic oxidation sites excluding steroid dienone is 2. The zero-order valence-electron chi connectivity index (χ0n) is 10.0. The van der Waals surface area contributed by atoms with Gasteiger partial charge in [-0.3, -0.25) is 0 Å². The fraction of sp³-hybridized carbons (Fsp3) is 0.214. The molecule has 0 saturated heterocycles.